The van der Waals surface area contributed by atoms with Crippen LogP contribution in [0.15, 0.2) is 54.6 Å². The molecule has 0 radical (unpaired) electrons. The average Bonchev–Trinajstić information content (AvgIpc) is 2.74. The Labute approximate surface area is 171 Å². The molecule has 2 N–H and O–H groups in total. The van der Waals surface area contributed by atoms with Gasteiger partial charge in [-0.05, 0) is 50.5 Å². The van der Waals surface area contributed by atoms with Crippen LogP contribution in [0.1, 0.15) is 53.3 Å². The summed E-state index contributed by atoms with van der Waals surface area (Å²) in [4.78, 5) is 39.4. The number of amides is 3. The Morgan fingerprint density at radius 3 is 2.31 bits per heavy atom. The Morgan fingerprint density at radius 1 is 0.931 bits per heavy atom. The second-order valence-electron chi connectivity index (χ2n) is 7.39. The molecule has 6 heteroatoms. The molecule has 0 aliphatic carbocycles. The van der Waals surface area contributed by atoms with Crippen LogP contribution in [-0.4, -0.2) is 41.8 Å². The first-order valence-corrected chi connectivity index (χ1v) is 10.1. The summed E-state index contributed by atoms with van der Waals surface area (Å²) in [6.07, 6.45) is 3.29. The lowest BCUT2D eigenvalue weighted by Gasteiger charge is -2.27. The van der Waals surface area contributed by atoms with Crippen molar-refractivity contribution < 1.29 is 14.4 Å². The number of benzene rings is 2. The Balaban J connectivity index is 1.59. The lowest BCUT2D eigenvalue weighted by Crippen LogP contribution is -2.37. The molecule has 1 heterocycles. The van der Waals surface area contributed by atoms with E-state index < -0.39 is 0 Å². The first-order valence-electron chi connectivity index (χ1n) is 10.1. The van der Waals surface area contributed by atoms with Gasteiger partial charge in [-0.25, -0.2) is 0 Å². The lowest BCUT2D eigenvalue weighted by molar-refractivity contribution is -0.116. The Morgan fingerprint density at radius 2 is 1.59 bits per heavy atom. The summed E-state index contributed by atoms with van der Waals surface area (Å²) < 4.78 is 0. The SMILES string of the molecule is CC(CC(=O)Nc1ccccc1C(=O)N1CCCCC1)NC(=O)c1ccccc1. The highest BCUT2D eigenvalue weighted by molar-refractivity contribution is 6.04. The van der Waals surface area contributed by atoms with Crippen LogP contribution in [0.2, 0.25) is 0 Å². The molecule has 1 fully saturated rings. The van der Waals surface area contributed by atoms with Gasteiger partial charge in [-0.1, -0.05) is 30.3 Å². The van der Waals surface area contributed by atoms with Crippen molar-refractivity contribution in [1.82, 2.24) is 10.2 Å². The zero-order valence-corrected chi connectivity index (χ0v) is 16.7. The van der Waals surface area contributed by atoms with E-state index in [9.17, 15) is 14.4 Å². The minimum atomic E-state index is -0.340. The molecular weight excluding hydrogens is 366 g/mol. The molecule has 0 aromatic heterocycles. The summed E-state index contributed by atoms with van der Waals surface area (Å²) in [5, 5.41) is 5.66. The van der Waals surface area contributed by atoms with Crippen molar-refractivity contribution in [1.29, 1.82) is 0 Å². The van der Waals surface area contributed by atoms with Gasteiger partial charge in [-0.3, -0.25) is 14.4 Å². The second kappa shape index (κ2) is 9.87. The van der Waals surface area contributed by atoms with E-state index in [1.165, 1.54) is 0 Å². The van der Waals surface area contributed by atoms with E-state index in [1.54, 1.807) is 55.5 Å². The monoisotopic (exact) mass is 393 g/mol. The van der Waals surface area contributed by atoms with Gasteiger partial charge in [-0.2, -0.15) is 0 Å². The summed E-state index contributed by atoms with van der Waals surface area (Å²) in [6.45, 7) is 3.29. The Kier molecular flexibility index (Phi) is 7.00. The molecule has 3 amide bonds. The minimum Gasteiger partial charge on any atom is -0.349 e. The van der Waals surface area contributed by atoms with Crippen LogP contribution in [0.25, 0.3) is 0 Å². The molecule has 0 bridgehead atoms. The number of rotatable bonds is 6. The maximum absolute atomic E-state index is 12.8. The standard InChI is InChI=1S/C23H27N3O3/c1-17(24-22(28)18-10-4-2-5-11-18)16-21(27)25-20-13-7-6-12-19(20)23(29)26-14-8-3-9-15-26/h2,4-7,10-13,17H,3,8-9,14-16H2,1H3,(H,24,28)(H,25,27). The van der Waals surface area contributed by atoms with Crippen molar-refractivity contribution in [3.8, 4) is 0 Å². The second-order valence-corrected chi connectivity index (χ2v) is 7.39. The highest BCUT2D eigenvalue weighted by Gasteiger charge is 2.21. The normalized spacial score (nSPS) is 14.7. The zero-order chi connectivity index (χ0) is 20.6. The predicted octanol–water partition coefficient (Wildman–Crippen LogP) is 3.46. The van der Waals surface area contributed by atoms with E-state index in [0.29, 0.717) is 16.8 Å². The van der Waals surface area contributed by atoms with Crippen molar-refractivity contribution in [3.63, 3.8) is 0 Å². The van der Waals surface area contributed by atoms with E-state index in [2.05, 4.69) is 10.6 Å². The number of para-hydroxylation sites is 1. The minimum absolute atomic E-state index is 0.0500. The summed E-state index contributed by atoms with van der Waals surface area (Å²) in [5.74, 6) is -0.512. The van der Waals surface area contributed by atoms with Gasteiger partial charge < -0.3 is 15.5 Å². The molecule has 1 aliphatic heterocycles. The molecule has 1 unspecified atom stereocenters. The number of nitrogens with zero attached hydrogens (tertiary/aromatic N) is 1. The lowest BCUT2D eigenvalue weighted by atomic mass is 10.1. The molecule has 1 aliphatic rings. The van der Waals surface area contributed by atoms with Crippen LogP contribution in [0.4, 0.5) is 5.69 Å². The summed E-state index contributed by atoms with van der Waals surface area (Å²) in [6, 6.07) is 15.6. The van der Waals surface area contributed by atoms with Gasteiger partial charge in [0, 0.05) is 31.1 Å². The Hall–Kier alpha value is -3.15. The third kappa shape index (κ3) is 5.67. The molecule has 29 heavy (non-hydrogen) atoms. The number of anilines is 1. The number of carbonyl (C=O) groups is 3. The van der Waals surface area contributed by atoms with Crippen LogP contribution < -0.4 is 10.6 Å². The molecular formula is C23H27N3O3. The van der Waals surface area contributed by atoms with Gasteiger partial charge in [0.2, 0.25) is 5.91 Å². The fourth-order valence-corrected chi connectivity index (χ4v) is 3.47. The fraction of sp³-hybridized carbons (Fsp3) is 0.348. The molecule has 2 aromatic carbocycles. The largest absolute Gasteiger partial charge is 0.349 e. The fourth-order valence-electron chi connectivity index (χ4n) is 3.47. The van der Waals surface area contributed by atoms with E-state index in [4.69, 9.17) is 0 Å². The molecule has 152 valence electrons. The van der Waals surface area contributed by atoms with E-state index in [1.807, 2.05) is 11.0 Å². The molecule has 0 spiro atoms. The number of nitrogens with one attached hydrogen (secondary N) is 2. The number of piperidine rings is 1. The molecule has 1 saturated heterocycles. The summed E-state index contributed by atoms with van der Waals surface area (Å²) in [5.41, 5.74) is 1.57. The number of hydrogen-bond donors (Lipinski definition) is 2. The third-order valence-corrected chi connectivity index (χ3v) is 4.98. The molecule has 3 rings (SSSR count). The predicted molar refractivity (Wildman–Crippen MR) is 113 cm³/mol. The van der Waals surface area contributed by atoms with Gasteiger partial charge in [-0.15, -0.1) is 0 Å². The smallest absolute Gasteiger partial charge is 0.255 e. The maximum Gasteiger partial charge on any atom is 0.255 e. The first-order chi connectivity index (χ1) is 14.0. The van der Waals surface area contributed by atoms with Crippen LogP contribution >= 0.6 is 0 Å². The maximum atomic E-state index is 12.8. The van der Waals surface area contributed by atoms with Crippen molar-refractivity contribution in [3.05, 3.63) is 65.7 Å². The van der Waals surface area contributed by atoms with Gasteiger partial charge in [0.15, 0.2) is 0 Å². The quantitative estimate of drug-likeness (QED) is 0.789. The van der Waals surface area contributed by atoms with E-state index in [0.717, 1.165) is 32.4 Å². The third-order valence-electron chi connectivity index (χ3n) is 4.98. The van der Waals surface area contributed by atoms with Crippen LogP contribution in [-0.2, 0) is 4.79 Å². The molecule has 0 saturated carbocycles. The number of likely N-dealkylation sites (tertiary alicyclic amines) is 1. The number of carbonyl (C=O) groups excluding carboxylic acids is 3. The van der Waals surface area contributed by atoms with Gasteiger partial charge >= 0.3 is 0 Å². The van der Waals surface area contributed by atoms with Crippen molar-refractivity contribution in [2.24, 2.45) is 0 Å². The highest BCUT2D eigenvalue weighted by atomic mass is 16.2. The number of hydrogen-bond acceptors (Lipinski definition) is 3. The average molecular weight is 393 g/mol. The van der Waals surface area contributed by atoms with Crippen molar-refractivity contribution in [2.45, 2.75) is 38.6 Å². The molecule has 2 aromatic rings. The van der Waals surface area contributed by atoms with Crippen molar-refractivity contribution >= 4 is 23.4 Å². The van der Waals surface area contributed by atoms with Gasteiger partial charge in [0.1, 0.15) is 0 Å². The van der Waals surface area contributed by atoms with Gasteiger partial charge in [0.25, 0.3) is 11.8 Å². The highest BCUT2D eigenvalue weighted by Crippen LogP contribution is 2.20. The Bertz CT molecular complexity index is 861. The van der Waals surface area contributed by atoms with Crippen LogP contribution in [0.5, 0.6) is 0 Å². The van der Waals surface area contributed by atoms with Gasteiger partial charge in [0.05, 0.1) is 11.3 Å². The topological polar surface area (TPSA) is 78.5 Å². The van der Waals surface area contributed by atoms with E-state index in [-0.39, 0.29) is 30.2 Å². The summed E-state index contributed by atoms with van der Waals surface area (Å²) in [7, 11) is 0. The van der Waals surface area contributed by atoms with Crippen LogP contribution in [0.3, 0.4) is 0 Å². The zero-order valence-electron chi connectivity index (χ0n) is 16.7. The first kappa shape index (κ1) is 20.6. The molecule has 1 atom stereocenters. The molecule has 6 nitrogen and oxygen atoms in total. The van der Waals surface area contributed by atoms with Crippen molar-refractivity contribution in [2.75, 3.05) is 18.4 Å². The summed E-state index contributed by atoms with van der Waals surface area (Å²) >= 11 is 0. The van der Waals surface area contributed by atoms with Crippen LogP contribution in [0, 0.1) is 0 Å². The van der Waals surface area contributed by atoms with E-state index >= 15 is 0 Å².